The topological polar surface area (TPSA) is 37.3 Å². The molecule has 0 aliphatic heterocycles. The molecule has 0 heterocycles. The molecule has 0 fully saturated rings. The molecule has 18 heavy (non-hydrogen) atoms. The zero-order valence-electron chi connectivity index (χ0n) is 10.1. The maximum absolute atomic E-state index is 10.8. The molecule has 0 atom stereocenters. The maximum atomic E-state index is 10.8. The van der Waals surface area contributed by atoms with Gasteiger partial charge in [-0.2, -0.15) is 0 Å². The predicted molar refractivity (Wildman–Crippen MR) is 75.3 cm³/mol. The Kier molecular flexibility index (Phi) is 4.05. The van der Waals surface area contributed by atoms with Crippen LogP contribution in [0.15, 0.2) is 47.4 Å². The lowest BCUT2D eigenvalue weighted by molar-refractivity contribution is 0.112. The van der Waals surface area contributed by atoms with E-state index in [1.54, 1.807) is 23.9 Å². The largest absolute Gasteiger partial charge is 0.507 e. The molecule has 0 saturated heterocycles. The lowest BCUT2D eigenvalue weighted by atomic mass is 10.0. The average molecular weight is 258 g/mol. The van der Waals surface area contributed by atoms with Crippen molar-refractivity contribution in [1.29, 1.82) is 0 Å². The van der Waals surface area contributed by atoms with Gasteiger partial charge in [0.1, 0.15) is 5.75 Å². The molecule has 0 aliphatic rings. The zero-order valence-corrected chi connectivity index (χ0v) is 10.9. The van der Waals surface area contributed by atoms with E-state index in [0.717, 1.165) is 16.9 Å². The van der Waals surface area contributed by atoms with Gasteiger partial charge >= 0.3 is 0 Å². The Morgan fingerprint density at radius 1 is 1.11 bits per heavy atom. The Bertz CT molecular complexity index is 547. The Hall–Kier alpha value is -1.74. The highest BCUT2D eigenvalue weighted by molar-refractivity contribution is 7.99. The van der Waals surface area contributed by atoms with Gasteiger partial charge < -0.3 is 5.11 Å². The molecule has 1 N–H and O–H groups in total. The van der Waals surface area contributed by atoms with Crippen molar-refractivity contribution in [3.8, 4) is 16.9 Å². The molecule has 2 rings (SSSR count). The molecule has 0 saturated carbocycles. The molecule has 0 aliphatic carbocycles. The van der Waals surface area contributed by atoms with Crippen molar-refractivity contribution in [2.75, 3.05) is 5.75 Å². The Morgan fingerprint density at radius 3 is 2.39 bits per heavy atom. The van der Waals surface area contributed by atoms with Gasteiger partial charge in [-0.15, -0.1) is 11.8 Å². The van der Waals surface area contributed by atoms with Crippen molar-refractivity contribution in [3.05, 3.63) is 48.0 Å². The number of rotatable bonds is 4. The van der Waals surface area contributed by atoms with E-state index in [1.165, 1.54) is 4.90 Å². The quantitative estimate of drug-likeness (QED) is 0.665. The van der Waals surface area contributed by atoms with Crippen LogP contribution in [0.3, 0.4) is 0 Å². The van der Waals surface area contributed by atoms with Crippen LogP contribution in [0, 0.1) is 0 Å². The van der Waals surface area contributed by atoms with Crippen molar-refractivity contribution in [2.45, 2.75) is 11.8 Å². The highest BCUT2D eigenvalue weighted by Crippen LogP contribution is 2.27. The van der Waals surface area contributed by atoms with Gasteiger partial charge in [0.2, 0.25) is 0 Å². The van der Waals surface area contributed by atoms with Crippen LogP contribution in [0.2, 0.25) is 0 Å². The zero-order chi connectivity index (χ0) is 13.0. The standard InChI is InChI=1S/C15H14O2S/c1-2-18-14-6-3-11(4-7-14)12-5-8-15(17)13(9-12)10-16/h3-10,17H,2H2,1H3. The van der Waals surface area contributed by atoms with Gasteiger partial charge in [0.25, 0.3) is 0 Å². The summed E-state index contributed by atoms with van der Waals surface area (Å²) < 4.78 is 0. The Balaban J connectivity index is 2.33. The first-order valence-electron chi connectivity index (χ1n) is 5.76. The highest BCUT2D eigenvalue weighted by Gasteiger charge is 2.03. The third-order valence-electron chi connectivity index (χ3n) is 2.65. The molecule has 0 radical (unpaired) electrons. The molecule has 2 nitrogen and oxygen atoms in total. The first-order valence-corrected chi connectivity index (χ1v) is 6.74. The molecule has 0 aromatic heterocycles. The van der Waals surface area contributed by atoms with E-state index in [-0.39, 0.29) is 5.75 Å². The minimum atomic E-state index is 0.0203. The van der Waals surface area contributed by atoms with Crippen LogP contribution in [0.25, 0.3) is 11.1 Å². The number of aromatic hydroxyl groups is 1. The van der Waals surface area contributed by atoms with Crippen LogP contribution < -0.4 is 0 Å². The lowest BCUT2D eigenvalue weighted by Crippen LogP contribution is -1.84. The molecular formula is C15H14O2S. The smallest absolute Gasteiger partial charge is 0.153 e. The third-order valence-corrected chi connectivity index (χ3v) is 3.55. The van der Waals surface area contributed by atoms with E-state index >= 15 is 0 Å². The van der Waals surface area contributed by atoms with Gasteiger partial charge in [-0.05, 0) is 41.1 Å². The molecule has 0 amide bonds. The number of carbonyl (C=O) groups excluding carboxylic acids is 1. The fraction of sp³-hybridized carbons (Fsp3) is 0.133. The van der Waals surface area contributed by atoms with Crippen LogP contribution in [0.5, 0.6) is 5.75 Å². The summed E-state index contributed by atoms with van der Waals surface area (Å²) in [7, 11) is 0. The van der Waals surface area contributed by atoms with E-state index in [1.807, 2.05) is 18.2 Å². The summed E-state index contributed by atoms with van der Waals surface area (Å²) in [6, 6.07) is 13.2. The van der Waals surface area contributed by atoms with Gasteiger partial charge in [-0.1, -0.05) is 25.1 Å². The van der Waals surface area contributed by atoms with Crippen LogP contribution >= 0.6 is 11.8 Å². The highest BCUT2D eigenvalue weighted by atomic mass is 32.2. The van der Waals surface area contributed by atoms with Gasteiger partial charge in [0.05, 0.1) is 5.56 Å². The van der Waals surface area contributed by atoms with Gasteiger partial charge in [0, 0.05) is 4.90 Å². The van der Waals surface area contributed by atoms with Crippen LogP contribution in [0.1, 0.15) is 17.3 Å². The lowest BCUT2D eigenvalue weighted by Gasteiger charge is -2.05. The summed E-state index contributed by atoms with van der Waals surface area (Å²) in [5, 5.41) is 9.46. The van der Waals surface area contributed by atoms with E-state index in [2.05, 4.69) is 19.1 Å². The Morgan fingerprint density at radius 2 is 1.78 bits per heavy atom. The molecular weight excluding hydrogens is 244 g/mol. The van der Waals surface area contributed by atoms with Gasteiger partial charge in [-0.25, -0.2) is 0 Å². The van der Waals surface area contributed by atoms with Gasteiger partial charge in [0.15, 0.2) is 6.29 Å². The summed E-state index contributed by atoms with van der Waals surface area (Å²) >= 11 is 1.79. The van der Waals surface area contributed by atoms with Crippen molar-refractivity contribution < 1.29 is 9.90 Å². The molecule has 2 aromatic rings. The predicted octanol–water partition coefficient (Wildman–Crippen LogP) is 3.98. The molecule has 92 valence electrons. The number of hydrogen-bond acceptors (Lipinski definition) is 3. The number of carbonyl (C=O) groups is 1. The second kappa shape index (κ2) is 5.74. The number of thioether (sulfide) groups is 1. The third kappa shape index (κ3) is 2.74. The average Bonchev–Trinajstić information content (AvgIpc) is 2.41. The first kappa shape index (κ1) is 12.7. The van der Waals surface area contributed by atoms with Crippen molar-refractivity contribution >= 4 is 18.0 Å². The number of hydrogen-bond donors (Lipinski definition) is 1. The summed E-state index contributed by atoms with van der Waals surface area (Å²) in [6.45, 7) is 2.12. The molecule has 0 bridgehead atoms. The van der Waals surface area contributed by atoms with E-state index < -0.39 is 0 Å². The maximum Gasteiger partial charge on any atom is 0.153 e. The molecule has 3 heteroatoms. The SMILES string of the molecule is CCSc1ccc(-c2ccc(O)c(C=O)c2)cc1. The number of phenols is 1. The summed E-state index contributed by atoms with van der Waals surface area (Å²) in [5.41, 5.74) is 2.29. The molecule has 0 spiro atoms. The molecule has 0 unspecified atom stereocenters. The van der Waals surface area contributed by atoms with E-state index in [0.29, 0.717) is 11.8 Å². The fourth-order valence-electron chi connectivity index (χ4n) is 1.74. The normalized spacial score (nSPS) is 10.3. The van der Waals surface area contributed by atoms with Crippen molar-refractivity contribution in [1.82, 2.24) is 0 Å². The monoisotopic (exact) mass is 258 g/mol. The fourth-order valence-corrected chi connectivity index (χ4v) is 2.40. The number of benzene rings is 2. The van der Waals surface area contributed by atoms with Gasteiger partial charge in [-0.3, -0.25) is 4.79 Å². The number of phenolic OH excluding ortho intramolecular Hbond substituents is 1. The second-order valence-electron chi connectivity index (χ2n) is 3.85. The Labute approximate surface area is 111 Å². The summed E-state index contributed by atoms with van der Waals surface area (Å²) in [4.78, 5) is 12.0. The first-order chi connectivity index (χ1) is 8.74. The minimum absolute atomic E-state index is 0.0203. The summed E-state index contributed by atoms with van der Waals surface area (Å²) in [6.07, 6.45) is 0.667. The van der Waals surface area contributed by atoms with E-state index in [9.17, 15) is 9.90 Å². The molecule has 2 aromatic carbocycles. The number of aldehydes is 1. The van der Waals surface area contributed by atoms with E-state index in [4.69, 9.17) is 0 Å². The van der Waals surface area contributed by atoms with Crippen LogP contribution in [-0.4, -0.2) is 17.1 Å². The minimum Gasteiger partial charge on any atom is -0.507 e. The van der Waals surface area contributed by atoms with Crippen molar-refractivity contribution in [3.63, 3.8) is 0 Å². The van der Waals surface area contributed by atoms with Crippen LogP contribution in [-0.2, 0) is 0 Å². The summed E-state index contributed by atoms with van der Waals surface area (Å²) in [5.74, 6) is 1.07. The van der Waals surface area contributed by atoms with Crippen LogP contribution in [0.4, 0.5) is 0 Å². The second-order valence-corrected chi connectivity index (χ2v) is 5.19. The van der Waals surface area contributed by atoms with Crippen molar-refractivity contribution in [2.24, 2.45) is 0 Å².